The van der Waals surface area contributed by atoms with E-state index in [1.165, 1.54) is 19.7 Å². The largest absolute Gasteiger partial charge is 0.465 e. The number of ether oxygens (including phenoxy) is 1. The van der Waals surface area contributed by atoms with Gasteiger partial charge in [0.05, 0.1) is 24.6 Å². The summed E-state index contributed by atoms with van der Waals surface area (Å²) in [5, 5.41) is 4.08. The summed E-state index contributed by atoms with van der Waals surface area (Å²) in [5.74, 6) is 0.248. The first-order chi connectivity index (χ1) is 9.13. The highest BCUT2D eigenvalue weighted by molar-refractivity contribution is 7.99. The van der Waals surface area contributed by atoms with Crippen molar-refractivity contribution in [2.24, 2.45) is 0 Å². The van der Waals surface area contributed by atoms with E-state index in [4.69, 9.17) is 10.5 Å². The van der Waals surface area contributed by atoms with Crippen LogP contribution >= 0.6 is 11.8 Å². The van der Waals surface area contributed by atoms with Crippen molar-refractivity contribution in [3.63, 3.8) is 0 Å². The van der Waals surface area contributed by atoms with Crippen molar-refractivity contribution in [1.82, 2.24) is 4.98 Å². The lowest BCUT2D eigenvalue weighted by molar-refractivity contribution is 0.0602. The standard InChI is InChI=1S/C13H19N3O2S/c1-18-13(17)10-6-12(15-7-11(10)14)16-8-3-4-9(5-8)19-2/h6-9H,3-5,14H2,1-2H3,(H,15,16). The van der Waals surface area contributed by atoms with Gasteiger partial charge in [0, 0.05) is 11.3 Å². The number of aromatic nitrogens is 1. The monoisotopic (exact) mass is 281 g/mol. The Bertz CT molecular complexity index is 467. The van der Waals surface area contributed by atoms with Crippen LogP contribution in [0.3, 0.4) is 0 Å². The predicted octanol–water partition coefficient (Wildman–Crippen LogP) is 2.15. The van der Waals surface area contributed by atoms with Gasteiger partial charge in [-0.1, -0.05) is 0 Å². The van der Waals surface area contributed by atoms with Crippen molar-refractivity contribution in [2.75, 3.05) is 24.4 Å². The number of thioether (sulfide) groups is 1. The number of hydrogen-bond acceptors (Lipinski definition) is 6. The molecule has 1 fully saturated rings. The summed E-state index contributed by atoms with van der Waals surface area (Å²) in [6.45, 7) is 0. The van der Waals surface area contributed by atoms with E-state index in [9.17, 15) is 4.79 Å². The summed E-state index contributed by atoms with van der Waals surface area (Å²) >= 11 is 1.91. The molecule has 1 aliphatic carbocycles. The molecule has 2 unspecified atom stereocenters. The Morgan fingerprint density at radius 1 is 1.58 bits per heavy atom. The quantitative estimate of drug-likeness (QED) is 0.823. The maximum Gasteiger partial charge on any atom is 0.340 e. The first kappa shape index (κ1) is 14.0. The van der Waals surface area contributed by atoms with E-state index < -0.39 is 5.97 Å². The second kappa shape index (κ2) is 6.14. The highest BCUT2D eigenvalue weighted by atomic mass is 32.2. The van der Waals surface area contributed by atoms with Gasteiger partial charge in [0.1, 0.15) is 5.82 Å². The van der Waals surface area contributed by atoms with Crippen molar-refractivity contribution in [1.29, 1.82) is 0 Å². The van der Waals surface area contributed by atoms with Crippen molar-refractivity contribution < 1.29 is 9.53 Å². The van der Waals surface area contributed by atoms with Gasteiger partial charge in [0.15, 0.2) is 0 Å². The lowest BCUT2D eigenvalue weighted by Crippen LogP contribution is -2.17. The van der Waals surface area contributed by atoms with Crippen LogP contribution in [0, 0.1) is 0 Å². The zero-order chi connectivity index (χ0) is 13.8. The SMILES string of the molecule is COC(=O)c1cc(NC2CCC(SC)C2)ncc1N. The molecule has 6 heteroatoms. The van der Waals surface area contributed by atoms with Crippen LogP contribution in [0.2, 0.25) is 0 Å². The molecule has 19 heavy (non-hydrogen) atoms. The molecule has 1 saturated carbocycles. The van der Waals surface area contributed by atoms with Crippen molar-refractivity contribution >= 4 is 29.2 Å². The summed E-state index contributed by atoms with van der Waals surface area (Å²) in [6.07, 6.45) is 7.11. The topological polar surface area (TPSA) is 77.2 Å². The fraction of sp³-hybridized carbons (Fsp3) is 0.538. The molecule has 1 aromatic heterocycles. The van der Waals surface area contributed by atoms with Crippen LogP contribution in [-0.2, 0) is 4.74 Å². The second-order valence-electron chi connectivity index (χ2n) is 4.66. The van der Waals surface area contributed by atoms with E-state index in [-0.39, 0.29) is 0 Å². The summed E-state index contributed by atoms with van der Waals surface area (Å²) in [4.78, 5) is 15.8. The summed E-state index contributed by atoms with van der Waals surface area (Å²) in [7, 11) is 1.34. The Hall–Kier alpha value is -1.43. The van der Waals surface area contributed by atoms with Gasteiger partial charge < -0.3 is 15.8 Å². The van der Waals surface area contributed by atoms with E-state index in [0.29, 0.717) is 28.4 Å². The first-order valence-electron chi connectivity index (χ1n) is 6.27. The number of anilines is 2. The van der Waals surface area contributed by atoms with Gasteiger partial charge >= 0.3 is 5.97 Å². The van der Waals surface area contributed by atoms with Gasteiger partial charge in [-0.3, -0.25) is 0 Å². The lowest BCUT2D eigenvalue weighted by atomic mass is 10.2. The molecule has 0 aromatic carbocycles. The molecule has 3 N–H and O–H groups in total. The Labute approximate surface area is 117 Å². The number of nitrogen functional groups attached to an aromatic ring is 1. The number of carbonyl (C=O) groups is 1. The van der Waals surface area contributed by atoms with Gasteiger partial charge in [-0.05, 0) is 31.6 Å². The van der Waals surface area contributed by atoms with Gasteiger partial charge in [0.2, 0.25) is 0 Å². The van der Waals surface area contributed by atoms with Crippen LogP contribution in [0.15, 0.2) is 12.3 Å². The maximum absolute atomic E-state index is 11.6. The summed E-state index contributed by atoms with van der Waals surface area (Å²) < 4.78 is 4.70. The highest BCUT2D eigenvalue weighted by Gasteiger charge is 2.24. The van der Waals surface area contributed by atoms with Crippen LogP contribution in [0.25, 0.3) is 0 Å². The summed E-state index contributed by atoms with van der Waals surface area (Å²) in [5.41, 5.74) is 6.42. The smallest absolute Gasteiger partial charge is 0.340 e. The van der Waals surface area contributed by atoms with Crippen LogP contribution < -0.4 is 11.1 Å². The minimum absolute atomic E-state index is 0.339. The molecular formula is C13H19N3O2S. The van der Waals surface area contributed by atoms with Gasteiger partial charge in [-0.25, -0.2) is 9.78 Å². The van der Waals surface area contributed by atoms with Crippen LogP contribution in [0.1, 0.15) is 29.6 Å². The number of nitrogens with one attached hydrogen (secondary N) is 1. The molecule has 104 valence electrons. The molecule has 0 amide bonds. The Kier molecular flexibility index (Phi) is 4.52. The van der Waals surface area contributed by atoms with Crippen LogP contribution in [0.4, 0.5) is 11.5 Å². The molecule has 0 aliphatic heterocycles. The third-order valence-corrected chi connectivity index (χ3v) is 4.50. The van der Waals surface area contributed by atoms with Gasteiger partial charge in [0.25, 0.3) is 0 Å². The lowest BCUT2D eigenvalue weighted by Gasteiger charge is -2.14. The van der Waals surface area contributed by atoms with Crippen LogP contribution in [0.5, 0.6) is 0 Å². The molecule has 5 nitrogen and oxygen atoms in total. The minimum Gasteiger partial charge on any atom is -0.465 e. The molecule has 0 bridgehead atoms. The van der Waals surface area contributed by atoms with Crippen LogP contribution in [-0.4, -0.2) is 35.6 Å². The fourth-order valence-electron chi connectivity index (χ4n) is 2.33. The average Bonchev–Trinajstić information content (AvgIpc) is 2.87. The molecule has 2 rings (SSSR count). The van der Waals surface area contributed by atoms with Gasteiger partial charge in [-0.2, -0.15) is 11.8 Å². The summed E-state index contributed by atoms with van der Waals surface area (Å²) in [6, 6.07) is 2.08. The number of pyridine rings is 1. The number of rotatable bonds is 4. The minimum atomic E-state index is -0.434. The molecule has 2 atom stereocenters. The first-order valence-corrected chi connectivity index (χ1v) is 7.56. The average molecular weight is 281 g/mol. The Balaban J connectivity index is 2.07. The number of hydrogen-bond donors (Lipinski definition) is 2. The zero-order valence-corrected chi connectivity index (χ0v) is 12.0. The van der Waals surface area contributed by atoms with E-state index in [1.54, 1.807) is 6.07 Å². The third kappa shape index (κ3) is 3.32. The number of carbonyl (C=O) groups excluding carboxylic acids is 1. The number of esters is 1. The zero-order valence-electron chi connectivity index (χ0n) is 11.2. The molecule has 1 heterocycles. The van der Waals surface area contributed by atoms with E-state index >= 15 is 0 Å². The van der Waals surface area contributed by atoms with E-state index in [2.05, 4.69) is 16.6 Å². The molecule has 1 aliphatic rings. The normalized spacial score (nSPS) is 22.2. The molecular weight excluding hydrogens is 262 g/mol. The molecule has 0 spiro atoms. The number of nitrogens with zero attached hydrogens (tertiary/aromatic N) is 1. The second-order valence-corrected chi connectivity index (χ2v) is 5.80. The van der Waals surface area contributed by atoms with E-state index in [1.807, 2.05) is 11.8 Å². The van der Waals surface area contributed by atoms with Crippen molar-refractivity contribution in [3.8, 4) is 0 Å². The Morgan fingerprint density at radius 3 is 3.00 bits per heavy atom. The predicted molar refractivity (Wildman–Crippen MR) is 78.6 cm³/mol. The van der Waals surface area contributed by atoms with Gasteiger partial charge in [-0.15, -0.1) is 0 Å². The fourth-order valence-corrected chi connectivity index (χ4v) is 3.12. The molecule has 0 radical (unpaired) electrons. The molecule has 0 saturated heterocycles. The Morgan fingerprint density at radius 2 is 2.37 bits per heavy atom. The van der Waals surface area contributed by atoms with Crippen molar-refractivity contribution in [3.05, 3.63) is 17.8 Å². The molecule has 1 aromatic rings. The third-order valence-electron chi connectivity index (χ3n) is 3.41. The highest BCUT2D eigenvalue weighted by Crippen LogP contribution is 2.30. The number of nitrogens with two attached hydrogens (primary N) is 1. The maximum atomic E-state index is 11.6. The number of methoxy groups -OCH3 is 1. The van der Waals surface area contributed by atoms with Crippen molar-refractivity contribution in [2.45, 2.75) is 30.6 Å². The van der Waals surface area contributed by atoms with E-state index in [0.717, 1.165) is 12.8 Å².